The van der Waals surface area contributed by atoms with Gasteiger partial charge in [-0.15, -0.1) is 0 Å². The van der Waals surface area contributed by atoms with Gasteiger partial charge in [-0.2, -0.15) is 0 Å². The van der Waals surface area contributed by atoms with Gasteiger partial charge in [-0.25, -0.2) is 9.97 Å². The van der Waals surface area contributed by atoms with E-state index >= 15 is 0 Å². The first-order chi connectivity index (χ1) is 20.2. The van der Waals surface area contributed by atoms with Gasteiger partial charge in [-0.05, 0) is 24.8 Å². The number of nitrogens with one attached hydrogen (secondary N) is 5. The number of carbonyl (C=O) groups is 4. The number of aryl methyl sites for hydroxylation is 1. The number of benzene rings is 1. The molecule has 4 amide bonds. The van der Waals surface area contributed by atoms with E-state index in [-0.39, 0.29) is 44.1 Å². The summed E-state index contributed by atoms with van der Waals surface area (Å²) in [4.78, 5) is 69.5. The van der Waals surface area contributed by atoms with Gasteiger partial charge in [-0.3, -0.25) is 24.2 Å². The lowest BCUT2D eigenvalue weighted by Crippen LogP contribution is -2.57. The van der Waals surface area contributed by atoms with Crippen molar-refractivity contribution in [2.24, 2.45) is 22.2 Å². The molecule has 11 N–H and O–H groups in total. The lowest BCUT2D eigenvalue weighted by molar-refractivity contribution is -0.133. The standard InChI is InChI=1S/C27H37N11O4/c28-24(40)20(7-4-10-33-27(29)30)37-25(41)21(11-17-5-2-1-3-6-17)38-26(42)22(12-19-14-32-16-35-19)36-23(39)9-8-18-13-31-15-34-18/h1-3,5-6,13-16,20-22H,4,7-12H2,(H2,28,40)(H,31,34)(H,32,35)(H,36,39)(H,37,41)(H,38,42)(H4,29,30,33)/t20-,21-,22+/m1/s1. The molecule has 3 atom stereocenters. The van der Waals surface area contributed by atoms with Crippen LogP contribution in [-0.2, 0) is 38.4 Å². The summed E-state index contributed by atoms with van der Waals surface area (Å²) in [7, 11) is 0. The van der Waals surface area contributed by atoms with Crippen LogP contribution < -0.4 is 33.2 Å². The van der Waals surface area contributed by atoms with Crippen molar-refractivity contribution in [2.75, 3.05) is 6.54 Å². The predicted octanol–water partition coefficient (Wildman–Crippen LogP) is -1.46. The van der Waals surface area contributed by atoms with Gasteiger partial charge < -0.3 is 43.1 Å². The fourth-order valence-electron chi connectivity index (χ4n) is 4.15. The van der Waals surface area contributed by atoms with Crippen LogP contribution in [0.4, 0.5) is 0 Å². The first-order valence-electron chi connectivity index (χ1n) is 13.4. The van der Waals surface area contributed by atoms with E-state index in [1.807, 2.05) is 30.3 Å². The average molecular weight is 580 g/mol. The normalized spacial score (nSPS) is 12.9. The number of guanidine groups is 1. The molecule has 0 aliphatic rings. The molecule has 2 aromatic heterocycles. The summed E-state index contributed by atoms with van der Waals surface area (Å²) in [5.41, 5.74) is 18.4. The molecule has 224 valence electrons. The Hall–Kier alpha value is -5.21. The van der Waals surface area contributed by atoms with Gasteiger partial charge in [0.25, 0.3) is 0 Å². The second kappa shape index (κ2) is 16.2. The summed E-state index contributed by atoms with van der Waals surface area (Å²) in [6.45, 7) is 0.252. The maximum absolute atomic E-state index is 13.6. The van der Waals surface area contributed by atoms with Gasteiger partial charge in [0.05, 0.1) is 12.7 Å². The van der Waals surface area contributed by atoms with E-state index in [4.69, 9.17) is 17.2 Å². The zero-order valence-corrected chi connectivity index (χ0v) is 23.1. The molecule has 0 aliphatic heterocycles. The van der Waals surface area contributed by atoms with Crippen LogP contribution in [0, 0.1) is 0 Å². The molecule has 0 unspecified atom stereocenters. The highest BCUT2D eigenvalue weighted by molar-refractivity contribution is 5.94. The van der Waals surface area contributed by atoms with Crippen molar-refractivity contribution in [1.29, 1.82) is 0 Å². The van der Waals surface area contributed by atoms with Crippen LogP contribution in [0.3, 0.4) is 0 Å². The second-order valence-electron chi connectivity index (χ2n) is 9.64. The zero-order valence-electron chi connectivity index (χ0n) is 23.1. The summed E-state index contributed by atoms with van der Waals surface area (Å²) in [6.07, 6.45) is 7.49. The Morgan fingerprint density at radius 1 is 0.810 bits per heavy atom. The molecule has 3 aromatic rings. The maximum atomic E-state index is 13.6. The van der Waals surface area contributed by atoms with Crippen molar-refractivity contribution in [3.63, 3.8) is 0 Å². The van der Waals surface area contributed by atoms with Gasteiger partial charge in [0.2, 0.25) is 23.6 Å². The molecule has 15 nitrogen and oxygen atoms in total. The van der Waals surface area contributed by atoms with Crippen molar-refractivity contribution in [3.8, 4) is 0 Å². The first kappa shape index (κ1) is 31.3. The van der Waals surface area contributed by atoms with E-state index in [1.54, 1.807) is 12.4 Å². The number of rotatable bonds is 17. The van der Waals surface area contributed by atoms with Crippen molar-refractivity contribution >= 4 is 29.6 Å². The topological polar surface area (TPSA) is 252 Å². The zero-order chi connectivity index (χ0) is 30.3. The number of imidazole rings is 2. The lowest BCUT2D eigenvalue weighted by Gasteiger charge is -2.25. The number of aliphatic imine (C=N–C) groups is 1. The van der Waals surface area contributed by atoms with Crippen molar-refractivity contribution < 1.29 is 19.2 Å². The van der Waals surface area contributed by atoms with Gasteiger partial charge in [0.1, 0.15) is 18.1 Å². The molecule has 0 bridgehead atoms. The van der Waals surface area contributed by atoms with E-state index in [1.165, 1.54) is 12.7 Å². The van der Waals surface area contributed by atoms with Gasteiger partial charge in [0.15, 0.2) is 5.96 Å². The third-order valence-electron chi connectivity index (χ3n) is 6.33. The number of hydrogen-bond donors (Lipinski definition) is 8. The Kier molecular flexibility index (Phi) is 12.0. The fourth-order valence-corrected chi connectivity index (χ4v) is 4.15. The number of carbonyl (C=O) groups excluding carboxylic acids is 4. The minimum atomic E-state index is -1.08. The summed E-state index contributed by atoms with van der Waals surface area (Å²) in [5.74, 6) is -2.37. The van der Waals surface area contributed by atoms with Crippen LogP contribution in [-0.4, -0.2) is 74.2 Å². The average Bonchev–Trinajstić information content (AvgIpc) is 3.68. The van der Waals surface area contributed by atoms with Crippen LogP contribution in [0.2, 0.25) is 0 Å². The number of amides is 4. The van der Waals surface area contributed by atoms with E-state index in [9.17, 15) is 19.2 Å². The first-order valence-corrected chi connectivity index (χ1v) is 13.4. The second-order valence-corrected chi connectivity index (χ2v) is 9.64. The van der Waals surface area contributed by atoms with Crippen LogP contribution in [0.5, 0.6) is 0 Å². The molecule has 0 saturated heterocycles. The summed E-state index contributed by atoms with van der Waals surface area (Å²) in [5, 5.41) is 8.15. The monoisotopic (exact) mass is 579 g/mol. The van der Waals surface area contributed by atoms with Gasteiger partial charge >= 0.3 is 0 Å². The molecule has 15 heteroatoms. The van der Waals surface area contributed by atoms with Gasteiger partial charge in [0, 0.05) is 49.6 Å². The third-order valence-corrected chi connectivity index (χ3v) is 6.33. The minimum absolute atomic E-state index is 0.0848. The lowest BCUT2D eigenvalue weighted by atomic mass is 10.0. The fraction of sp³-hybridized carbons (Fsp3) is 0.370. The van der Waals surface area contributed by atoms with Crippen LogP contribution in [0.25, 0.3) is 0 Å². The maximum Gasteiger partial charge on any atom is 0.243 e. The van der Waals surface area contributed by atoms with Gasteiger partial charge in [-0.1, -0.05) is 30.3 Å². The number of nitrogens with two attached hydrogens (primary N) is 3. The highest BCUT2D eigenvalue weighted by Crippen LogP contribution is 2.08. The van der Waals surface area contributed by atoms with Crippen LogP contribution in [0.1, 0.15) is 36.2 Å². The Labute approximate surface area is 242 Å². The molecule has 3 rings (SSSR count). The number of nitrogens with zero attached hydrogens (tertiary/aromatic N) is 3. The molecule has 0 aliphatic carbocycles. The van der Waals surface area contributed by atoms with Crippen molar-refractivity contribution in [2.45, 2.75) is 56.7 Å². The number of aromatic amines is 2. The molecule has 1 aromatic carbocycles. The number of primary amides is 1. The Morgan fingerprint density at radius 2 is 1.43 bits per heavy atom. The molecular formula is C27H37N11O4. The van der Waals surface area contributed by atoms with E-state index < -0.39 is 35.8 Å². The molecule has 0 fully saturated rings. The molecular weight excluding hydrogens is 542 g/mol. The van der Waals surface area contributed by atoms with E-state index in [0.29, 0.717) is 18.5 Å². The summed E-state index contributed by atoms with van der Waals surface area (Å²) in [6, 6.07) is 5.97. The van der Waals surface area contributed by atoms with Crippen molar-refractivity contribution in [3.05, 3.63) is 72.3 Å². The Morgan fingerprint density at radius 3 is 2.02 bits per heavy atom. The van der Waals surface area contributed by atoms with E-state index in [0.717, 1.165) is 11.3 Å². The van der Waals surface area contributed by atoms with E-state index in [2.05, 4.69) is 40.9 Å². The van der Waals surface area contributed by atoms with Crippen molar-refractivity contribution in [1.82, 2.24) is 35.9 Å². The molecule has 2 heterocycles. The predicted molar refractivity (Wildman–Crippen MR) is 154 cm³/mol. The molecule has 0 spiro atoms. The Bertz CT molecular complexity index is 1310. The van der Waals surface area contributed by atoms with Crippen LogP contribution in [0.15, 0.2) is 60.4 Å². The smallest absolute Gasteiger partial charge is 0.243 e. The summed E-state index contributed by atoms with van der Waals surface area (Å²) < 4.78 is 0. The highest BCUT2D eigenvalue weighted by Gasteiger charge is 2.29. The third kappa shape index (κ3) is 10.7. The number of hydrogen-bond acceptors (Lipinski definition) is 7. The number of aromatic nitrogens is 4. The quantitative estimate of drug-likeness (QED) is 0.0532. The van der Waals surface area contributed by atoms with Crippen LogP contribution >= 0.6 is 0 Å². The molecule has 42 heavy (non-hydrogen) atoms. The molecule has 0 saturated carbocycles. The molecule has 0 radical (unpaired) electrons. The minimum Gasteiger partial charge on any atom is -0.370 e. The highest BCUT2D eigenvalue weighted by atomic mass is 16.2. The SMILES string of the molecule is NC(=O)[C@@H](CCCN=C(N)N)NC(=O)[C@@H](Cc1ccccc1)NC(=O)[C@H](Cc1cnc[nH]1)NC(=O)CCc1cnc[nH]1. The largest absolute Gasteiger partial charge is 0.370 e. The summed E-state index contributed by atoms with van der Waals surface area (Å²) >= 11 is 0. The number of H-pyrrole nitrogens is 2. The Balaban J connectivity index is 1.73.